The van der Waals surface area contributed by atoms with Gasteiger partial charge in [-0.05, 0) is 17.7 Å². The zero-order valence-corrected chi connectivity index (χ0v) is 8.82. The second-order valence-corrected chi connectivity index (χ2v) is 3.17. The van der Waals surface area contributed by atoms with E-state index in [9.17, 15) is 4.79 Å². The first-order valence-electron chi connectivity index (χ1n) is 4.86. The van der Waals surface area contributed by atoms with E-state index in [1.54, 1.807) is 7.11 Å². The summed E-state index contributed by atoms with van der Waals surface area (Å²) in [5, 5.41) is 2.71. The Kier molecular flexibility index (Phi) is 4.63. The van der Waals surface area contributed by atoms with Crippen LogP contribution in [0.5, 0.6) is 5.75 Å². The van der Waals surface area contributed by atoms with Crippen LogP contribution in [0.4, 0.5) is 0 Å². The fourth-order valence-corrected chi connectivity index (χ4v) is 1.24. The molecule has 1 amide bonds. The third-order valence-electron chi connectivity index (χ3n) is 1.97. The number of hydrogen-bond donors (Lipinski definition) is 2. The molecule has 4 heteroatoms. The van der Waals surface area contributed by atoms with E-state index in [-0.39, 0.29) is 5.91 Å². The van der Waals surface area contributed by atoms with Gasteiger partial charge >= 0.3 is 0 Å². The van der Waals surface area contributed by atoms with Crippen molar-refractivity contribution in [1.29, 1.82) is 0 Å². The van der Waals surface area contributed by atoms with Crippen LogP contribution in [0.3, 0.4) is 0 Å². The van der Waals surface area contributed by atoms with E-state index >= 15 is 0 Å². The van der Waals surface area contributed by atoms with Gasteiger partial charge in [0.1, 0.15) is 5.75 Å². The number of carbonyl (C=O) groups excluding carboxylic acids is 1. The van der Waals surface area contributed by atoms with E-state index in [4.69, 9.17) is 10.5 Å². The molecule has 0 aliphatic carbocycles. The van der Waals surface area contributed by atoms with Crippen LogP contribution >= 0.6 is 0 Å². The molecule has 1 aromatic rings. The van der Waals surface area contributed by atoms with E-state index < -0.39 is 0 Å². The van der Waals surface area contributed by atoms with Gasteiger partial charge in [-0.2, -0.15) is 0 Å². The summed E-state index contributed by atoms with van der Waals surface area (Å²) in [4.78, 5) is 11.4. The maximum absolute atomic E-state index is 11.4. The fraction of sp³-hybridized carbons (Fsp3) is 0.364. The molecule has 0 aliphatic heterocycles. The molecule has 3 N–H and O–H groups in total. The van der Waals surface area contributed by atoms with Crippen molar-refractivity contribution in [1.82, 2.24) is 5.32 Å². The van der Waals surface area contributed by atoms with Gasteiger partial charge in [0.15, 0.2) is 0 Å². The molecule has 4 nitrogen and oxygen atoms in total. The molecule has 15 heavy (non-hydrogen) atoms. The van der Waals surface area contributed by atoms with Crippen LogP contribution in [0.1, 0.15) is 5.56 Å². The van der Waals surface area contributed by atoms with Crippen molar-refractivity contribution in [2.75, 3.05) is 20.2 Å². The standard InChI is InChI=1S/C11H16N2O2/c1-15-10-4-2-3-9(7-10)8-11(14)13-6-5-12/h2-4,7H,5-6,8,12H2,1H3,(H,13,14). The highest BCUT2D eigenvalue weighted by atomic mass is 16.5. The van der Waals surface area contributed by atoms with Crippen LogP contribution in [0.2, 0.25) is 0 Å². The zero-order chi connectivity index (χ0) is 11.1. The molecule has 0 fully saturated rings. The average Bonchev–Trinajstić information content (AvgIpc) is 2.26. The molecule has 82 valence electrons. The number of hydrogen-bond acceptors (Lipinski definition) is 3. The average molecular weight is 208 g/mol. The minimum Gasteiger partial charge on any atom is -0.497 e. The van der Waals surface area contributed by atoms with E-state index in [0.717, 1.165) is 11.3 Å². The monoisotopic (exact) mass is 208 g/mol. The van der Waals surface area contributed by atoms with Crippen LogP contribution in [0.15, 0.2) is 24.3 Å². The first-order chi connectivity index (χ1) is 7.26. The minimum atomic E-state index is -0.0197. The molecule has 0 unspecified atom stereocenters. The lowest BCUT2D eigenvalue weighted by Gasteiger charge is -2.05. The van der Waals surface area contributed by atoms with Crippen molar-refractivity contribution < 1.29 is 9.53 Å². The summed E-state index contributed by atoms with van der Waals surface area (Å²) in [7, 11) is 1.60. The fourth-order valence-electron chi connectivity index (χ4n) is 1.24. The van der Waals surface area contributed by atoms with Gasteiger partial charge in [0.25, 0.3) is 0 Å². The first kappa shape index (κ1) is 11.5. The summed E-state index contributed by atoms with van der Waals surface area (Å²) in [6.45, 7) is 0.979. The normalized spacial score (nSPS) is 9.73. The second kappa shape index (κ2) is 6.03. The summed E-state index contributed by atoms with van der Waals surface area (Å²) in [5.41, 5.74) is 6.22. The molecule has 0 aliphatic rings. The van der Waals surface area contributed by atoms with E-state index in [1.807, 2.05) is 24.3 Å². The van der Waals surface area contributed by atoms with Gasteiger partial charge in [-0.25, -0.2) is 0 Å². The number of amides is 1. The molecule has 0 aromatic heterocycles. The quantitative estimate of drug-likeness (QED) is 0.732. The summed E-state index contributed by atoms with van der Waals surface area (Å²) >= 11 is 0. The molecule has 0 bridgehead atoms. The highest BCUT2D eigenvalue weighted by Gasteiger charge is 2.02. The van der Waals surface area contributed by atoms with Gasteiger partial charge in [-0.3, -0.25) is 4.79 Å². The number of carbonyl (C=O) groups is 1. The molecule has 0 spiro atoms. The van der Waals surface area contributed by atoms with Crippen molar-refractivity contribution in [2.45, 2.75) is 6.42 Å². The van der Waals surface area contributed by atoms with Gasteiger partial charge in [0, 0.05) is 13.1 Å². The van der Waals surface area contributed by atoms with E-state index in [1.165, 1.54) is 0 Å². The molecule has 0 saturated carbocycles. The van der Waals surface area contributed by atoms with E-state index in [2.05, 4.69) is 5.32 Å². The van der Waals surface area contributed by atoms with Crippen LogP contribution in [-0.4, -0.2) is 26.1 Å². The highest BCUT2D eigenvalue weighted by molar-refractivity contribution is 5.78. The van der Waals surface area contributed by atoms with Crippen LogP contribution in [-0.2, 0) is 11.2 Å². The minimum absolute atomic E-state index is 0.0197. The third kappa shape index (κ3) is 3.99. The summed E-state index contributed by atoms with van der Waals surface area (Å²) in [6, 6.07) is 7.46. The Bertz CT molecular complexity index is 326. The van der Waals surface area contributed by atoms with Gasteiger partial charge in [0.2, 0.25) is 5.91 Å². The van der Waals surface area contributed by atoms with Crippen LogP contribution in [0, 0.1) is 0 Å². The summed E-state index contributed by atoms with van der Waals surface area (Å²) in [5.74, 6) is 0.743. The number of ether oxygens (including phenoxy) is 1. The Balaban J connectivity index is 2.52. The van der Waals surface area contributed by atoms with Crippen molar-refractivity contribution in [2.24, 2.45) is 5.73 Å². The maximum Gasteiger partial charge on any atom is 0.224 e. The SMILES string of the molecule is COc1cccc(CC(=O)NCCN)c1. The molecule has 0 saturated heterocycles. The molecule has 1 aromatic carbocycles. The second-order valence-electron chi connectivity index (χ2n) is 3.17. The first-order valence-corrected chi connectivity index (χ1v) is 4.86. The van der Waals surface area contributed by atoms with Crippen molar-refractivity contribution in [3.05, 3.63) is 29.8 Å². The Hall–Kier alpha value is -1.55. The Labute approximate surface area is 89.4 Å². The lowest BCUT2D eigenvalue weighted by atomic mass is 10.1. The Morgan fingerprint density at radius 2 is 2.33 bits per heavy atom. The lowest BCUT2D eigenvalue weighted by Crippen LogP contribution is -2.30. The molecular formula is C11H16N2O2. The molecular weight excluding hydrogens is 192 g/mol. The molecule has 1 rings (SSSR count). The van der Waals surface area contributed by atoms with Crippen molar-refractivity contribution >= 4 is 5.91 Å². The highest BCUT2D eigenvalue weighted by Crippen LogP contribution is 2.12. The van der Waals surface area contributed by atoms with Gasteiger partial charge in [-0.15, -0.1) is 0 Å². The number of methoxy groups -OCH3 is 1. The van der Waals surface area contributed by atoms with Crippen molar-refractivity contribution in [3.8, 4) is 5.75 Å². The number of nitrogens with two attached hydrogens (primary N) is 1. The van der Waals surface area contributed by atoms with Gasteiger partial charge in [-0.1, -0.05) is 12.1 Å². The molecule has 0 atom stereocenters. The summed E-state index contributed by atoms with van der Waals surface area (Å²) in [6.07, 6.45) is 0.358. The Morgan fingerprint density at radius 3 is 3.00 bits per heavy atom. The van der Waals surface area contributed by atoms with Crippen LogP contribution in [0.25, 0.3) is 0 Å². The van der Waals surface area contributed by atoms with Gasteiger partial charge < -0.3 is 15.8 Å². The lowest BCUT2D eigenvalue weighted by molar-refractivity contribution is -0.120. The number of benzene rings is 1. The Morgan fingerprint density at radius 1 is 1.53 bits per heavy atom. The van der Waals surface area contributed by atoms with E-state index in [0.29, 0.717) is 19.5 Å². The number of nitrogens with one attached hydrogen (secondary N) is 1. The predicted molar refractivity (Wildman–Crippen MR) is 58.8 cm³/mol. The molecule has 0 heterocycles. The number of rotatable bonds is 5. The third-order valence-corrected chi connectivity index (χ3v) is 1.97. The predicted octanol–water partition coefficient (Wildman–Crippen LogP) is 0.313. The smallest absolute Gasteiger partial charge is 0.224 e. The van der Waals surface area contributed by atoms with Crippen LogP contribution < -0.4 is 15.8 Å². The maximum atomic E-state index is 11.4. The summed E-state index contributed by atoms with van der Waals surface area (Å²) < 4.78 is 5.07. The molecule has 0 radical (unpaired) electrons. The topological polar surface area (TPSA) is 64.3 Å². The van der Waals surface area contributed by atoms with Gasteiger partial charge in [0.05, 0.1) is 13.5 Å². The van der Waals surface area contributed by atoms with Crippen molar-refractivity contribution in [3.63, 3.8) is 0 Å². The zero-order valence-electron chi connectivity index (χ0n) is 8.82. The largest absolute Gasteiger partial charge is 0.497 e.